The molecule has 0 radical (unpaired) electrons. The number of pyridine rings is 1. The number of aliphatic imine (C=N–C) groups is 1. The first-order chi connectivity index (χ1) is 14.7. The maximum Gasteiger partial charge on any atom is 0.191 e. The highest BCUT2D eigenvalue weighted by molar-refractivity contribution is 5.79. The van der Waals surface area contributed by atoms with Crippen molar-refractivity contribution in [3.63, 3.8) is 0 Å². The lowest BCUT2D eigenvalue weighted by Crippen LogP contribution is -2.38. The number of hydrogen-bond donors (Lipinski definition) is 2. The molecule has 2 aromatic rings. The Hall–Kier alpha value is -2.57. The first-order valence-electron chi connectivity index (χ1n) is 11.4. The van der Waals surface area contributed by atoms with E-state index in [1.807, 2.05) is 13.1 Å². The van der Waals surface area contributed by atoms with Crippen molar-refractivity contribution in [2.45, 2.75) is 66.0 Å². The fraction of sp³-hybridized carbons (Fsp3) is 0.609. The van der Waals surface area contributed by atoms with E-state index in [1.165, 1.54) is 31.4 Å². The van der Waals surface area contributed by atoms with Crippen molar-refractivity contribution >= 4 is 11.8 Å². The molecule has 0 unspecified atom stereocenters. The number of guanidine groups is 1. The van der Waals surface area contributed by atoms with Gasteiger partial charge in [0.1, 0.15) is 5.82 Å². The molecule has 2 aromatic heterocycles. The Morgan fingerprint density at radius 2 is 1.90 bits per heavy atom. The lowest BCUT2D eigenvalue weighted by atomic mass is 10.2. The molecule has 0 aromatic carbocycles. The first-order valence-corrected chi connectivity index (χ1v) is 11.4. The molecule has 0 aliphatic carbocycles. The van der Waals surface area contributed by atoms with Crippen LogP contribution in [-0.2, 0) is 13.1 Å². The Labute approximate surface area is 181 Å². The van der Waals surface area contributed by atoms with E-state index >= 15 is 0 Å². The van der Waals surface area contributed by atoms with Crippen LogP contribution in [0.5, 0.6) is 0 Å². The Bertz CT molecular complexity index is 786. The summed E-state index contributed by atoms with van der Waals surface area (Å²) in [6.07, 6.45) is 8.18. The van der Waals surface area contributed by atoms with Crippen LogP contribution in [0, 0.1) is 13.8 Å². The minimum Gasteiger partial charge on any atom is -0.357 e. The predicted octanol–water partition coefficient (Wildman–Crippen LogP) is 3.42. The van der Waals surface area contributed by atoms with E-state index in [-0.39, 0.29) is 0 Å². The highest BCUT2D eigenvalue weighted by Crippen LogP contribution is 2.17. The SMILES string of the molecule is CCNC(=NCc1ccc(N2CCCCCC2)nc1)NCCCn1nc(C)cc1C. The summed E-state index contributed by atoms with van der Waals surface area (Å²) in [5.74, 6) is 1.95. The zero-order chi connectivity index (χ0) is 21.2. The molecular formula is C23H37N7. The fourth-order valence-electron chi connectivity index (χ4n) is 3.85. The third-order valence-corrected chi connectivity index (χ3v) is 5.45. The Kier molecular flexibility index (Phi) is 8.53. The lowest BCUT2D eigenvalue weighted by Gasteiger charge is -2.21. The van der Waals surface area contributed by atoms with Crippen molar-refractivity contribution in [3.8, 4) is 0 Å². The van der Waals surface area contributed by atoms with Gasteiger partial charge in [-0.05, 0) is 57.7 Å². The summed E-state index contributed by atoms with van der Waals surface area (Å²) >= 11 is 0. The number of nitrogens with zero attached hydrogens (tertiary/aromatic N) is 5. The van der Waals surface area contributed by atoms with Gasteiger partial charge in [-0.1, -0.05) is 18.9 Å². The monoisotopic (exact) mass is 411 g/mol. The van der Waals surface area contributed by atoms with Gasteiger partial charge in [-0.25, -0.2) is 9.98 Å². The van der Waals surface area contributed by atoms with E-state index in [4.69, 9.17) is 9.98 Å². The van der Waals surface area contributed by atoms with Crippen LogP contribution in [0.25, 0.3) is 0 Å². The molecule has 0 spiro atoms. The molecule has 30 heavy (non-hydrogen) atoms. The summed E-state index contributed by atoms with van der Waals surface area (Å²) in [6, 6.07) is 6.42. The third kappa shape index (κ3) is 6.75. The van der Waals surface area contributed by atoms with Gasteiger partial charge in [0, 0.05) is 44.6 Å². The van der Waals surface area contributed by atoms with Crippen molar-refractivity contribution in [2.75, 3.05) is 31.1 Å². The molecule has 1 fully saturated rings. The smallest absolute Gasteiger partial charge is 0.191 e. The third-order valence-electron chi connectivity index (χ3n) is 5.45. The standard InChI is InChI=1S/C23H37N7/c1-4-24-23(25-12-9-15-30-20(3)16-19(2)28-30)27-18-21-10-11-22(26-17-21)29-13-7-5-6-8-14-29/h10-11,16-17H,4-9,12-15,18H2,1-3H3,(H2,24,25,27). The normalized spacial score (nSPS) is 15.2. The summed E-state index contributed by atoms with van der Waals surface area (Å²) < 4.78 is 2.07. The van der Waals surface area contributed by atoms with Gasteiger partial charge in [0.05, 0.1) is 12.2 Å². The van der Waals surface area contributed by atoms with Crippen LogP contribution in [0.3, 0.4) is 0 Å². The number of hydrogen-bond acceptors (Lipinski definition) is 4. The second-order valence-corrected chi connectivity index (χ2v) is 8.05. The molecule has 0 atom stereocenters. The minimum absolute atomic E-state index is 0.625. The fourth-order valence-corrected chi connectivity index (χ4v) is 3.85. The molecule has 164 valence electrons. The van der Waals surface area contributed by atoms with Crippen molar-refractivity contribution in [2.24, 2.45) is 4.99 Å². The molecule has 1 aliphatic heterocycles. The molecule has 7 heteroatoms. The van der Waals surface area contributed by atoms with Crippen LogP contribution in [-0.4, -0.2) is 46.9 Å². The molecule has 7 nitrogen and oxygen atoms in total. The summed E-state index contributed by atoms with van der Waals surface area (Å²) in [6.45, 7) is 11.7. The van der Waals surface area contributed by atoms with E-state index in [9.17, 15) is 0 Å². The molecule has 0 saturated carbocycles. The van der Waals surface area contributed by atoms with Crippen LogP contribution >= 0.6 is 0 Å². The second-order valence-electron chi connectivity index (χ2n) is 8.05. The molecule has 1 saturated heterocycles. The van der Waals surface area contributed by atoms with Crippen molar-refractivity contribution in [1.29, 1.82) is 0 Å². The second kappa shape index (κ2) is 11.6. The maximum atomic E-state index is 4.73. The van der Waals surface area contributed by atoms with Crippen LogP contribution in [0.15, 0.2) is 29.4 Å². The van der Waals surface area contributed by atoms with Gasteiger partial charge in [-0.2, -0.15) is 5.10 Å². The van der Waals surface area contributed by atoms with Gasteiger partial charge in [0.2, 0.25) is 0 Å². The van der Waals surface area contributed by atoms with Crippen LogP contribution in [0.2, 0.25) is 0 Å². The Morgan fingerprint density at radius 1 is 1.10 bits per heavy atom. The summed E-state index contributed by atoms with van der Waals surface area (Å²) in [4.78, 5) is 11.8. The average molecular weight is 412 g/mol. The van der Waals surface area contributed by atoms with Crippen molar-refractivity contribution in [3.05, 3.63) is 41.3 Å². The molecule has 3 heterocycles. The van der Waals surface area contributed by atoms with Gasteiger partial charge in [0.15, 0.2) is 5.96 Å². The van der Waals surface area contributed by atoms with Gasteiger partial charge >= 0.3 is 0 Å². The molecule has 3 rings (SSSR count). The molecule has 1 aliphatic rings. The number of aromatic nitrogens is 3. The zero-order valence-electron chi connectivity index (χ0n) is 18.8. The van der Waals surface area contributed by atoms with E-state index in [1.54, 1.807) is 0 Å². The quantitative estimate of drug-likeness (QED) is 0.396. The maximum absolute atomic E-state index is 4.73. The minimum atomic E-state index is 0.625. The molecule has 2 N–H and O–H groups in total. The summed E-state index contributed by atoms with van der Waals surface area (Å²) in [5.41, 5.74) is 3.42. The lowest BCUT2D eigenvalue weighted by molar-refractivity contribution is 0.555. The first kappa shape index (κ1) is 22.1. The van der Waals surface area contributed by atoms with Gasteiger partial charge in [-0.3, -0.25) is 4.68 Å². The van der Waals surface area contributed by atoms with Crippen molar-refractivity contribution in [1.82, 2.24) is 25.4 Å². The predicted molar refractivity (Wildman–Crippen MR) is 124 cm³/mol. The van der Waals surface area contributed by atoms with Gasteiger partial charge in [0.25, 0.3) is 0 Å². The van der Waals surface area contributed by atoms with Crippen LogP contribution < -0.4 is 15.5 Å². The van der Waals surface area contributed by atoms with E-state index in [0.717, 1.165) is 62.2 Å². The Balaban J connectivity index is 1.48. The number of nitrogens with one attached hydrogen (secondary N) is 2. The van der Waals surface area contributed by atoms with Gasteiger partial charge in [-0.15, -0.1) is 0 Å². The number of anilines is 1. The zero-order valence-corrected chi connectivity index (χ0v) is 18.8. The summed E-state index contributed by atoms with van der Waals surface area (Å²) in [5, 5.41) is 11.3. The average Bonchev–Trinajstić information content (AvgIpc) is 2.93. The van der Waals surface area contributed by atoms with Gasteiger partial charge < -0.3 is 15.5 Å². The topological polar surface area (TPSA) is 70.4 Å². The van der Waals surface area contributed by atoms with Crippen LogP contribution in [0.1, 0.15) is 56.0 Å². The van der Waals surface area contributed by atoms with E-state index in [2.05, 4.69) is 57.4 Å². The van der Waals surface area contributed by atoms with E-state index in [0.29, 0.717) is 6.54 Å². The summed E-state index contributed by atoms with van der Waals surface area (Å²) in [7, 11) is 0. The van der Waals surface area contributed by atoms with E-state index < -0.39 is 0 Å². The highest BCUT2D eigenvalue weighted by Gasteiger charge is 2.10. The number of rotatable bonds is 8. The molecule has 0 amide bonds. The largest absolute Gasteiger partial charge is 0.357 e. The van der Waals surface area contributed by atoms with Crippen LogP contribution in [0.4, 0.5) is 5.82 Å². The molecule has 0 bridgehead atoms. The van der Waals surface area contributed by atoms with Crippen molar-refractivity contribution < 1.29 is 0 Å². The molecular weight excluding hydrogens is 374 g/mol. The Morgan fingerprint density at radius 3 is 2.53 bits per heavy atom. The highest BCUT2D eigenvalue weighted by atomic mass is 15.3. The number of aryl methyl sites for hydroxylation is 3.